The van der Waals surface area contributed by atoms with Crippen molar-refractivity contribution in [1.29, 1.82) is 0 Å². The van der Waals surface area contributed by atoms with Crippen molar-refractivity contribution in [2.75, 3.05) is 5.73 Å². The Bertz CT molecular complexity index is 1530. The lowest BCUT2D eigenvalue weighted by Crippen LogP contribution is -2.27. The second kappa shape index (κ2) is 6.98. The fraction of sp³-hybridized carbons (Fsp3) is 0.182. The number of aryl methyl sites for hydroxylation is 3. The van der Waals surface area contributed by atoms with E-state index in [4.69, 9.17) is 10.7 Å². The molecule has 0 aliphatic rings. The quantitative estimate of drug-likeness (QED) is 0.484. The predicted octanol–water partition coefficient (Wildman–Crippen LogP) is 2.48. The Morgan fingerprint density at radius 3 is 2.58 bits per heavy atom. The largest absolute Gasteiger partial charge is 0.383 e. The normalized spacial score (nSPS) is 11.5. The van der Waals surface area contributed by atoms with Gasteiger partial charge in [0.05, 0.1) is 22.2 Å². The van der Waals surface area contributed by atoms with Crippen LogP contribution in [0.15, 0.2) is 47.7 Å². The van der Waals surface area contributed by atoms with Crippen molar-refractivity contribution >= 4 is 27.9 Å². The molecule has 1 aromatic carbocycles. The van der Waals surface area contributed by atoms with Gasteiger partial charge < -0.3 is 5.73 Å². The number of rotatable bonds is 3. The third kappa shape index (κ3) is 2.93. The van der Waals surface area contributed by atoms with Gasteiger partial charge in [-0.1, -0.05) is 18.2 Å². The fourth-order valence-electron chi connectivity index (χ4n) is 3.92. The van der Waals surface area contributed by atoms with E-state index in [9.17, 15) is 4.79 Å². The number of fused-ring (bicyclic) bond motifs is 2. The molecule has 0 spiro atoms. The SMILES string of the molecule is Cc1ccccc1-n1c(Cn2nc(C)c3c(N)ncnc32)nc2nccc(C)c2c1=O. The number of para-hydroxylation sites is 1. The topological polar surface area (TPSA) is 117 Å². The molecule has 9 nitrogen and oxygen atoms in total. The fourth-order valence-corrected chi connectivity index (χ4v) is 3.92. The van der Waals surface area contributed by atoms with Crippen LogP contribution in [0.4, 0.5) is 5.82 Å². The van der Waals surface area contributed by atoms with Crippen LogP contribution in [-0.2, 0) is 6.54 Å². The molecule has 4 heterocycles. The third-order valence-corrected chi connectivity index (χ3v) is 5.43. The van der Waals surface area contributed by atoms with E-state index in [2.05, 4.69) is 20.1 Å². The molecular weight excluding hydrogens is 392 g/mol. The summed E-state index contributed by atoms with van der Waals surface area (Å²) in [7, 11) is 0. The van der Waals surface area contributed by atoms with Crippen molar-refractivity contribution < 1.29 is 0 Å². The Hall–Kier alpha value is -4.14. The molecule has 0 bridgehead atoms. The van der Waals surface area contributed by atoms with Gasteiger partial charge in [-0.05, 0) is 44.0 Å². The van der Waals surface area contributed by atoms with E-state index in [0.717, 1.165) is 16.8 Å². The summed E-state index contributed by atoms with van der Waals surface area (Å²) in [6, 6.07) is 9.53. The second-order valence-electron chi connectivity index (χ2n) is 7.48. The predicted molar refractivity (Wildman–Crippen MR) is 118 cm³/mol. The number of hydrogen-bond donors (Lipinski definition) is 1. The maximum atomic E-state index is 13.6. The monoisotopic (exact) mass is 412 g/mol. The Morgan fingerprint density at radius 1 is 0.968 bits per heavy atom. The second-order valence-corrected chi connectivity index (χ2v) is 7.48. The van der Waals surface area contributed by atoms with Gasteiger partial charge in [-0.2, -0.15) is 5.10 Å². The molecule has 4 aromatic heterocycles. The van der Waals surface area contributed by atoms with Gasteiger partial charge in [-0.25, -0.2) is 24.6 Å². The zero-order chi connectivity index (χ0) is 21.7. The maximum absolute atomic E-state index is 13.6. The molecule has 0 fully saturated rings. The highest BCUT2D eigenvalue weighted by atomic mass is 16.1. The number of aromatic nitrogens is 7. The van der Waals surface area contributed by atoms with Crippen molar-refractivity contribution in [3.05, 3.63) is 75.9 Å². The highest BCUT2D eigenvalue weighted by Gasteiger charge is 2.19. The van der Waals surface area contributed by atoms with E-state index in [0.29, 0.717) is 39.4 Å². The van der Waals surface area contributed by atoms with Crippen LogP contribution in [0.5, 0.6) is 0 Å². The van der Waals surface area contributed by atoms with Gasteiger partial charge in [0, 0.05) is 6.20 Å². The lowest BCUT2D eigenvalue weighted by Gasteiger charge is -2.16. The highest BCUT2D eigenvalue weighted by Crippen LogP contribution is 2.22. The van der Waals surface area contributed by atoms with Gasteiger partial charge in [0.2, 0.25) is 0 Å². The summed E-state index contributed by atoms with van der Waals surface area (Å²) in [5.74, 6) is 0.875. The first-order valence-corrected chi connectivity index (χ1v) is 9.82. The third-order valence-electron chi connectivity index (χ3n) is 5.43. The van der Waals surface area contributed by atoms with Gasteiger partial charge in [-0.15, -0.1) is 0 Å². The number of pyridine rings is 1. The van der Waals surface area contributed by atoms with Crippen LogP contribution < -0.4 is 11.3 Å². The molecule has 0 aliphatic carbocycles. The average Bonchev–Trinajstić information content (AvgIpc) is 3.05. The number of nitrogen functional groups attached to an aromatic ring is 1. The summed E-state index contributed by atoms with van der Waals surface area (Å²) < 4.78 is 3.33. The van der Waals surface area contributed by atoms with E-state index in [1.165, 1.54) is 6.33 Å². The molecule has 31 heavy (non-hydrogen) atoms. The molecule has 0 amide bonds. The average molecular weight is 412 g/mol. The van der Waals surface area contributed by atoms with Gasteiger partial charge in [0.25, 0.3) is 5.56 Å². The van der Waals surface area contributed by atoms with Crippen LogP contribution >= 0.6 is 0 Å². The summed E-state index contributed by atoms with van der Waals surface area (Å²) in [5.41, 5.74) is 10.1. The van der Waals surface area contributed by atoms with Crippen molar-refractivity contribution in [2.45, 2.75) is 27.3 Å². The Morgan fingerprint density at radius 2 is 1.77 bits per heavy atom. The van der Waals surface area contributed by atoms with E-state index >= 15 is 0 Å². The minimum absolute atomic E-state index is 0.165. The summed E-state index contributed by atoms with van der Waals surface area (Å²) in [4.78, 5) is 31.2. The van der Waals surface area contributed by atoms with Crippen LogP contribution in [0.3, 0.4) is 0 Å². The van der Waals surface area contributed by atoms with Crippen molar-refractivity contribution in [1.82, 2.24) is 34.3 Å². The van der Waals surface area contributed by atoms with E-state index in [1.54, 1.807) is 15.4 Å². The minimum Gasteiger partial charge on any atom is -0.383 e. The number of nitrogens with two attached hydrogens (primary N) is 1. The molecule has 2 N–H and O–H groups in total. The van der Waals surface area contributed by atoms with Gasteiger partial charge in [0.15, 0.2) is 11.3 Å². The number of nitrogens with zero attached hydrogens (tertiary/aromatic N) is 7. The van der Waals surface area contributed by atoms with E-state index in [-0.39, 0.29) is 12.1 Å². The lowest BCUT2D eigenvalue weighted by molar-refractivity contribution is 0.643. The lowest BCUT2D eigenvalue weighted by atomic mass is 10.1. The van der Waals surface area contributed by atoms with E-state index < -0.39 is 0 Å². The summed E-state index contributed by atoms with van der Waals surface area (Å²) in [5, 5.41) is 5.79. The molecule has 0 unspecified atom stereocenters. The van der Waals surface area contributed by atoms with Crippen molar-refractivity contribution in [3.63, 3.8) is 0 Å². The summed E-state index contributed by atoms with van der Waals surface area (Å²) >= 11 is 0. The standard InChI is InChI=1S/C22H20N8O/c1-12-6-4-5-7-15(12)30-16(27-20-17(22(30)31)13(2)8-9-24-20)10-29-21-18(14(3)28-29)19(23)25-11-26-21/h4-9,11H,10H2,1-3H3,(H2,23,25,26). The molecule has 154 valence electrons. The smallest absolute Gasteiger partial charge is 0.267 e. The van der Waals surface area contributed by atoms with Crippen LogP contribution in [0.1, 0.15) is 22.6 Å². The van der Waals surface area contributed by atoms with Gasteiger partial charge >= 0.3 is 0 Å². The van der Waals surface area contributed by atoms with E-state index in [1.807, 2.05) is 51.1 Å². The zero-order valence-electron chi connectivity index (χ0n) is 17.4. The molecule has 5 rings (SSSR count). The first-order valence-electron chi connectivity index (χ1n) is 9.82. The van der Waals surface area contributed by atoms with Crippen LogP contribution in [0.2, 0.25) is 0 Å². The molecule has 9 heteroatoms. The molecule has 0 saturated carbocycles. The number of anilines is 1. The van der Waals surface area contributed by atoms with Crippen LogP contribution in [0, 0.1) is 20.8 Å². The first-order chi connectivity index (χ1) is 15.0. The molecule has 0 radical (unpaired) electrons. The maximum Gasteiger partial charge on any atom is 0.267 e. The summed E-state index contributed by atoms with van der Waals surface area (Å²) in [6.07, 6.45) is 3.07. The molecular formula is C22H20N8O. The minimum atomic E-state index is -0.165. The molecule has 0 atom stereocenters. The molecule has 0 aliphatic heterocycles. The molecule has 0 saturated heterocycles. The zero-order valence-corrected chi connectivity index (χ0v) is 17.4. The number of hydrogen-bond acceptors (Lipinski definition) is 7. The number of benzene rings is 1. The highest BCUT2D eigenvalue weighted by molar-refractivity contribution is 5.87. The van der Waals surface area contributed by atoms with Crippen LogP contribution in [0.25, 0.3) is 27.8 Å². The molecule has 5 aromatic rings. The Kier molecular flexibility index (Phi) is 4.25. The van der Waals surface area contributed by atoms with Crippen molar-refractivity contribution in [2.24, 2.45) is 0 Å². The van der Waals surface area contributed by atoms with Crippen molar-refractivity contribution in [3.8, 4) is 5.69 Å². The van der Waals surface area contributed by atoms with Crippen LogP contribution in [-0.4, -0.2) is 34.3 Å². The van der Waals surface area contributed by atoms with Gasteiger partial charge in [0.1, 0.15) is 24.5 Å². The Labute approximate surface area is 177 Å². The summed E-state index contributed by atoms with van der Waals surface area (Å²) in [6.45, 7) is 5.92. The first kappa shape index (κ1) is 18.9. The van der Waals surface area contributed by atoms with Gasteiger partial charge in [-0.3, -0.25) is 9.36 Å². The Balaban J connectivity index is 1.82.